The molecule has 1 atom stereocenters. The molecule has 0 spiro atoms. The average molecular weight is 388 g/mol. The van der Waals surface area contributed by atoms with Crippen LogP contribution in [0.25, 0.3) is 5.70 Å². The largest absolute Gasteiger partial charge is 0.351 e. The maximum absolute atomic E-state index is 12.9. The highest BCUT2D eigenvalue weighted by Gasteiger charge is 2.41. The lowest BCUT2D eigenvalue weighted by Crippen LogP contribution is -2.48. The third-order valence-electron chi connectivity index (χ3n) is 5.24. The quantitative estimate of drug-likeness (QED) is 0.795. The number of aryl methyl sites for hydroxylation is 1. The number of nitrogens with one attached hydrogen (secondary N) is 1. The number of benzene rings is 2. The van der Waals surface area contributed by atoms with E-state index < -0.39 is 0 Å². The Hall–Kier alpha value is -2.97. The molecule has 1 aliphatic carbocycles. The lowest BCUT2D eigenvalue weighted by Gasteiger charge is -2.39. The first-order valence-electron chi connectivity index (χ1n) is 9.41. The molecule has 1 N–H and O–H groups in total. The number of rotatable bonds is 4. The maximum Gasteiger partial charge on any atom is 0.174 e. The van der Waals surface area contributed by atoms with Gasteiger partial charge in [-0.2, -0.15) is 5.26 Å². The highest BCUT2D eigenvalue weighted by Crippen LogP contribution is 2.42. The number of nitriles is 1. The first-order chi connectivity index (χ1) is 13.5. The summed E-state index contributed by atoms with van der Waals surface area (Å²) >= 11 is 5.73. The van der Waals surface area contributed by atoms with Crippen molar-refractivity contribution in [3.63, 3.8) is 0 Å². The van der Waals surface area contributed by atoms with Gasteiger partial charge >= 0.3 is 0 Å². The molecule has 2 aromatic carbocycles. The highest BCUT2D eigenvalue weighted by atomic mass is 32.1. The van der Waals surface area contributed by atoms with Crippen molar-refractivity contribution in [2.45, 2.75) is 38.8 Å². The van der Waals surface area contributed by atoms with Crippen LogP contribution < -0.4 is 5.32 Å². The molecular formula is C23H21N3OS. The Morgan fingerprint density at radius 3 is 2.54 bits per heavy atom. The second kappa shape index (κ2) is 7.21. The molecule has 1 fully saturated rings. The van der Waals surface area contributed by atoms with Crippen LogP contribution in [0.3, 0.4) is 0 Å². The molecule has 0 unspecified atom stereocenters. The number of thiocarbonyl (C=S) groups is 1. The van der Waals surface area contributed by atoms with E-state index in [-0.39, 0.29) is 11.8 Å². The summed E-state index contributed by atoms with van der Waals surface area (Å²) in [6, 6.07) is 17.7. The zero-order chi connectivity index (χ0) is 19.8. The second-order valence-electron chi connectivity index (χ2n) is 7.41. The summed E-state index contributed by atoms with van der Waals surface area (Å²) in [5.41, 5.74) is 5.18. The summed E-state index contributed by atoms with van der Waals surface area (Å²) in [5, 5.41) is 13.3. The highest BCUT2D eigenvalue weighted by molar-refractivity contribution is 7.80. The van der Waals surface area contributed by atoms with Crippen molar-refractivity contribution in [2.75, 3.05) is 0 Å². The third-order valence-corrected chi connectivity index (χ3v) is 5.55. The van der Waals surface area contributed by atoms with E-state index in [0.29, 0.717) is 22.3 Å². The van der Waals surface area contributed by atoms with Crippen molar-refractivity contribution in [3.8, 4) is 6.07 Å². The van der Waals surface area contributed by atoms with Crippen molar-refractivity contribution in [2.24, 2.45) is 0 Å². The van der Waals surface area contributed by atoms with Crippen LogP contribution in [0.15, 0.2) is 54.1 Å². The summed E-state index contributed by atoms with van der Waals surface area (Å²) in [6.07, 6.45) is 2.13. The zero-order valence-electron chi connectivity index (χ0n) is 15.9. The van der Waals surface area contributed by atoms with Crippen LogP contribution >= 0.6 is 12.2 Å². The molecule has 0 aromatic heterocycles. The lowest BCUT2D eigenvalue weighted by atomic mass is 9.89. The van der Waals surface area contributed by atoms with E-state index >= 15 is 0 Å². The van der Waals surface area contributed by atoms with Crippen LogP contribution in [0.1, 0.15) is 48.1 Å². The minimum Gasteiger partial charge on any atom is -0.351 e. The van der Waals surface area contributed by atoms with Crippen molar-refractivity contribution < 1.29 is 4.79 Å². The predicted octanol–water partition coefficient (Wildman–Crippen LogP) is 4.26. The van der Waals surface area contributed by atoms with Crippen molar-refractivity contribution in [1.29, 1.82) is 5.26 Å². The topological polar surface area (TPSA) is 56.1 Å². The fourth-order valence-corrected chi connectivity index (χ4v) is 4.09. The van der Waals surface area contributed by atoms with E-state index in [0.717, 1.165) is 29.7 Å². The molecule has 0 radical (unpaired) electrons. The Balaban J connectivity index is 1.94. The molecule has 5 heteroatoms. The van der Waals surface area contributed by atoms with E-state index in [4.69, 9.17) is 12.2 Å². The Kier molecular flexibility index (Phi) is 4.74. The van der Waals surface area contributed by atoms with Gasteiger partial charge in [-0.1, -0.05) is 42.0 Å². The number of Topliss-reactive ketones (excluding diaryl/α,β-unsaturated/α-hetero) is 1. The van der Waals surface area contributed by atoms with Crippen molar-refractivity contribution >= 4 is 28.8 Å². The predicted molar refractivity (Wildman–Crippen MR) is 113 cm³/mol. The van der Waals surface area contributed by atoms with Crippen molar-refractivity contribution in [1.82, 2.24) is 10.2 Å². The Bertz CT molecular complexity index is 1030. The minimum absolute atomic E-state index is 0.00332. The molecule has 2 aromatic rings. The molecule has 1 aliphatic heterocycles. The van der Waals surface area contributed by atoms with Gasteiger partial charge in [0.05, 0.1) is 23.4 Å². The zero-order valence-corrected chi connectivity index (χ0v) is 16.7. The van der Waals surface area contributed by atoms with Gasteiger partial charge in [-0.3, -0.25) is 4.79 Å². The molecule has 0 saturated heterocycles. The van der Waals surface area contributed by atoms with Gasteiger partial charge in [0.1, 0.15) is 0 Å². The monoisotopic (exact) mass is 387 g/mol. The summed E-state index contributed by atoms with van der Waals surface area (Å²) < 4.78 is 0. The Labute approximate surface area is 170 Å². The summed E-state index contributed by atoms with van der Waals surface area (Å²) in [7, 11) is 0. The smallest absolute Gasteiger partial charge is 0.174 e. The van der Waals surface area contributed by atoms with Crippen LogP contribution in [0.4, 0.5) is 0 Å². The molecule has 1 saturated carbocycles. The lowest BCUT2D eigenvalue weighted by molar-refractivity contribution is -0.113. The minimum atomic E-state index is -0.371. The van der Waals surface area contributed by atoms with Crippen molar-refractivity contribution in [3.05, 3.63) is 76.4 Å². The van der Waals surface area contributed by atoms with Gasteiger partial charge in [0.2, 0.25) is 0 Å². The number of ketones is 1. The first-order valence-corrected chi connectivity index (χ1v) is 9.82. The molecule has 1 heterocycles. The maximum atomic E-state index is 12.9. The van der Waals surface area contributed by atoms with Crippen LogP contribution in [0, 0.1) is 18.3 Å². The van der Waals surface area contributed by atoms with Crippen LogP contribution in [-0.2, 0) is 4.79 Å². The number of carbonyl (C=O) groups excluding carboxylic acids is 1. The Morgan fingerprint density at radius 1 is 1.21 bits per heavy atom. The van der Waals surface area contributed by atoms with Gasteiger partial charge < -0.3 is 10.2 Å². The molecule has 4 rings (SSSR count). The molecule has 140 valence electrons. The normalized spacial score (nSPS) is 19.2. The number of carbonyl (C=O) groups is 1. The van der Waals surface area contributed by atoms with Gasteiger partial charge in [-0.05, 0) is 62.2 Å². The van der Waals surface area contributed by atoms with E-state index in [1.54, 1.807) is 13.0 Å². The van der Waals surface area contributed by atoms with E-state index in [1.807, 2.05) is 25.1 Å². The number of nitrogens with zero attached hydrogens (tertiary/aromatic N) is 2. The van der Waals surface area contributed by atoms with Gasteiger partial charge in [-0.25, -0.2) is 0 Å². The average Bonchev–Trinajstić information content (AvgIpc) is 3.52. The van der Waals surface area contributed by atoms with E-state index in [1.165, 1.54) is 5.56 Å². The fraction of sp³-hybridized carbons (Fsp3) is 0.261. The molecular weight excluding hydrogens is 366 g/mol. The summed E-state index contributed by atoms with van der Waals surface area (Å²) in [4.78, 5) is 15.0. The van der Waals surface area contributed by atoms with Crippen LogP contribution in [-0.4, -0.2) is 21.8 Å². The number of hydrogen-bond donors (Lipinski definition) is 1. The molecule has 0 amide bonds. The molecule has 2 aliphatic rings. The summed E-state index contributed by atoms with van der Waals surface area (Å²) in [5.74, 6) is 0.00332. The van der Waals surface area contributed by atoms with Gasteiger partial charge in [0.15, 0.2) is 10.9 Å². The van der Waals surface area contributed by atoms with Crippen LogP contribution in [0.5, 0.6) is 0 Å². The SMILES string of the molecule is CC(=O)C1=C(c2ccc(C)cc2)N(C2CC2)C(=S)N[C@H]1c1cccc(C#N)c1. The molecule has 4 nitrogen and oxygen atoms in total. The Morgan fingerprint density at radius 2 is 1.93 bits per heavy atom. The van der Waals surface area contributed by atoms with E-state index in [9.17, 15) is 10.1 Å². The third kappa shape index (κ3) is 3.32. The fourth-order valence-electron chi connectivity index (χ4n) is 3.73. The number of hydrogen-bond acceptors (Lipinski definition) is 3. The van der Waals surface area contributed by atoms with Gasteiger partial charge in [-0.15, -0.1) is 0 Å². The molecule has 0 bridgehead atoms. The summed E-state index contributed by atoms with van der Waals surface area (Å²) in [6.45, 7) is 3.65. The van der Waals surface area contributed by atoms with Crippen LogP contribution in [0.2, 0.25) is 0 Å². The first kappa shape index (κ1) is 18.4. The van der Waals surface area contributed by atoms with Gasteiger partial charge in [0.25, 0.3) is 0 Å². The van der Waals surface area contributed by atoms with Gasteiger partial charge in [0, 0.05) is 11.6 Å². The molecule has 28 heavy (non-hydrogen) atoms. The standard InChI is InChI=1S/C23H21N3OS/c1-14-6-8-17(9-7-14)22-20(15(2)27)21(18-5-3-4-16(12-18)13-24)25-23(28)26(22)19-10-11-19/h3-9,12,19,21H,10-11H2,1-2H3,(H,25,28)/t21-/m0/s1. The van der Waals surface area contributed by atoms with E-state index in [2.05, 4.69) is 40.6 Å². The second-order valence-corrected chi connectivity index (χ2v) is 7.79.